The van der Waals surface area contributed by atoms with E-state index >= 15 is 0 Å². The monoisotopic (exact) mass is 311 g/mol. The van der Waals surface area contributed by atoms with Gasteiger partial charge in [-0.2, -0.15) is 0 Å². The molecule has 1 heterocycles. The Morgan fingerprint density at radius 3 is 2.70 bits per heavy atom. The Bertz CT molecular complexity index is 667. The summed E-state index contributed by atoms with van der Waals surface area (Å²) in [7, 11) is 1.67. The standard InChI is InChI=1S/C19H21NO3/c1-3-4-17(15-7-10-18-19(11-15)23-13-22-18)20-12-14-5-8-16(21-2)9-6-14/h3,5-11,17,20H,1,4,12-13H2,2H3/t17-/m0/s1. The van der Waals surface area contributed by atoms with Crippen LogP contribution in [0.1, 0.15) is 23.6 Å². The molecule has 0 spiro atoms. The quantitative estimate of drug-likeness (QED) is 0.789. The van der Waals surface area contributed by atoms with E-state index in [4.69, 9.17) is 14.2 Å². The van der Waals surface area contributed by atoms with Gasteiger partial charge >= 0.3 is 0 Å². The lowest BCUT2D eigenvalue weighted by Gasteiger charge is -2.18. The van der Waals surface area contributed by atoms with E-state index in [1.165, 1.54) is 11.1 Å². The van der Waals surface area contributed by atoms with Gasteiger partial charge in [-0.25, -0.2) is 0 Å². The number of hydrogen-bond acceptors (Lipinski definition) is 4. The first kappa shape index (κ1) is 15.4. The minimum atomic E-state index is 0.184. The van der Waals surface area contributed by atoms with E-state index in [1.807, 2.05) is 30.3 Å². The van der Waals surface area contributed by atoms with E-state index < -0.39 is 0 Å². The van der Waals surface area contributed by atoms with Crippen molar-refractivity contribution in [3.63, 3.8) is 0 Å². The fraction of sp³-hybridized carbons (Fsp3) is 0.263. The summed E-state index contributed by atoms with van der Waals surface area (Å²) < 4.78 is 16.0. The molecule has 0 fully saturated rings. The van der Waals surface area contributed by atoms with Gasteiger partial charge in [-0.05, 0) is 41.8 Å². The van der Waals surface area contributed by atoms with Crippen LogP contribution in [0.4, 0.5) is 0 Å². The van der Waals surface area contributed by atoms with Gasteiger partial charge in [0.05, 0.1) is 7.11 Å². The van der Waals surface area contributed by atoms with Gasteiger partial charge < -0.3 is 19.5 Å². The minimum Gasteiger partial charge on any atom is -0.497 e. The summed E-state index contributed by atoms with van der Waals surface area (Å²) in [6.45, 7) is 4.93. The molecule has 1 aliphatic rings. The van der Waals surface area contributed by atoms with Crippen molar-refractivity contribution in [2.24, 2.45) is 0 Å². The Morgan fingerprint density at radius 1 is 1.17 bits per heavy atom. The van der Waals surface area contributed by atoms with E-state index in [9.17, 15) is 0 Å². The lowest BCUT2D eigenvalue weighted by atomic mass is 10.0. The fourth-order valence-corrected chi connectivity index (χ4v) is 2.62. The van der Waals surface area contributed by atoms with E-state index in [-0.39, 0.29) is 6.04 Å². The molecule has 4 nitrogen and oxygen atoms in total. The van der Waals surface area contributed by atoms with Gasteiger partial charge in [-0.15, -0.1) is 6.58 Å². The lowest BCUT2D eigenvalue weighted by molar-refractivity contribution is 0.174. The Morgan fingerprint density at radius 2 is 1.96 bits per heavy atom. The van der Waals surface area contributed by atoms with E-state index in [1.54, 1.807) is 7.11 Å². The van der Waals surface area contributed by atoms with Gasteiger partial charge in [-0.1, -0.05) is 24.3 Å². The zero-order valence-electron chi connectivity index (χ0n) is 13.2. The third-order valence-electron chi connectivity index (χ3n) is 3.91. The van der Waals surface area contributed by atoms with Crippen LogP contribution in [0.3, 0.4) is 0 Å². The van der Waals surface area contributed by atoms with Gasteiger partial charge in [0, 0.05) is 12.6 Å². The first-order chi connectivity index (χ1) is 11.3. The highest BCUT2D eigenvalue weighted by Crippen LogP contribution is 2.34. The minimum absolute atomic E-state index is 0.184. The largest absolute Gasteiger partial charge is 0.497 e. The topological polar surface area (TPSA) is 39.7 Å². The van der Waals surface area contributed by atoms with E-state index in [2.05, 4.69) is 30.1 Å². The molecule has 0 aromatic heterocycles. The van der Waals surface area contributed by atoms with Crippen molar-refractivity contribution in [3.8, 4) is 17.2 Å². The van der Waals surface area contributed by atoms with Crippen LogP contribution in [0.25, 0.3) is 0 Å². The highest BCUT2D eigenvalue weighted by Gasteiger charge is 2.17. The SMILES string of the molecule is C=CC[C@H](NCc1ccc(OC)cc1)c1ccc2c(c1)OCO2. The number of ether oxygens (including phenoxy) is 3. The molecular formula is C19H21NO3. The van der Waals surface area contributed by atoms with Crippen LogP contribution in [0.15, 0.2) is 55.1 Å². The molecule has 0 radical (unpaired) electrons. The second-order valence-corrected chi connectivity index (χ2v) is 5.42. The summed E-state index contributed by atoms with van der Waals surface area (Å²) in [6, 6.07) is 14.3. The molecular weight excluding hydrogens is 290 g/mol. The average molecular weight is 311 g/mol. The molecule has 1 aliphatic heterocycles. The maximum Gasteiger partial charge on any atom is 0.231 e. The van der Waals surface area contributed by atoms with Crippen LogP contribution in [0.2, 0.25) is 0 Å². The molecule has 23 heavy (non-hydrogen) atoms. The summed E-state index contributed by atoms with van der Waals surface area (Å²) in [5.41, 5.74) is 2.38. The highest BCUT2D eigenvalue weighted by molar-refractivity contribution is 5.45. The van der Waals surface area contributed by atoms with E-state index in [0.29, 0.717) is 6.79 Å². The molecule has 0 amide bonds. The number of methoxy groups -OCH3 is 1. The Hall–Kier alpha value is -2.46. The molecule has 0 saturated carbocycles. The zero-order valence-corrected chi connectivity index (χ0v) is 13.2. The molecule has 3 rings (SSSR count). The second kappa shape index (κ2) is 7.20. The van der Waals surface area contributed by atoms with Crippen molar-refractivity contribution >= 4 is 0 Å². The van der Waals surface area contributed by atoms with Crippen molar-refractivity contribution in [2.75, 3.05) is 13.9 Å². The first-order valence-electron chi connectivity index (χ1n) is 7.67. The molecule has 2 aromatic carbocycles. The molecule has 0 unspecified atom stereocenters. The number of nitrogens with one attached hydrogen (secondary N) is 1. The van der Waals surface area contributed by atoms with Gasteiger partial charge in [0.2, 0.25) is 6.79 Å². The van der Waals surface area contributed by atoms with E-state index in [0.717, 1.165) is 30.2 Å². The predicted octanol–water partition coefficient (Wildman–Crippen LogP) is 3.83. The average Bonchev–Trinajstić information content (AvgIpc) is 3.06. The van der Waals surface area contributed by atoms with Crippen molar-refractivity contribution in [3.05, 3.63) is 66.2 Å². The maximum absolute atomic E-state index is 5.47. The van der Waals surface area contributed by atoms with Crippen LogP contribution < -0.4 is 19.5 Å². The van der Waals surface area contributed by atoms with Gasteiger partial charge in [0.25, 0.3) is 0 Å². The Kier molecular flexibility index (Phi) is 4.83. The van der Waals surface area contributed by atoms with Crippen LogP contribution in [0.5, 0.6) is 17.2 Å². The van der Waals surface area contributed by atoms with Gasteiger partial charge in [-0.3, -0.25) is 0 Å². The summed E-state index contributed by atoms with van der Waals surface area (Å²) in [6.07, 6.45) is 2.77. The van der Waals surface area contributed by atoms with Crippen LogP contribution in [-0.4, -0.2) is 13.9 Å². The van der Waals surface area contributed by atoms with Crippen molar-refractivity contribution in [1.82, 2.24) is 5.32 Å². The van der Waals surface area contributed by atoms with Crippen molar-refractivity contribution < 1.29 is 14.2 Å². The van der Waals surface area contributed by atoms with Gasteiger partial charge in [0.15, 0.2) is 11.5 Å². The van der Waals surface area contributed by atoms with Crippen molar-refractivity contribution in [2.45, 2.75) is 19.0 Å². The number of benzene rings is 2. The second-order valence-electron chi connectivity index (χ2n) is 5.42. The van der Waals surface area contributed by atoms with Crippen LogP contribution in [-0.2, 0) is 6.54 Å². The smallest absolute Gasteiger partial charge is 0.231 e. The molecule has 0 saturated heterocycles. The van der Waals surface area contributed by atoms with Crippen LogP contribution in [0, 0.1) is 0 Å². The van der Waals surface area contributed by atoms with Crippen LogP contribution >= 0.6 is 0 Å². The Balaban J connectivity index is 1.69. The molecule has 1 N–H and O–H groups in total. The number of rotatable bonds is 7. The summed E-state index contributed by atoms with van der Waals surface area (Å²) in [4.78, 5) is 0. The molecule has 0 bridgehead atoms. The summed E-state index contributed by atoms with van der Waals surface area (Å²) in [5.74, 6) is 2.48. The summed E-state index contributed by atoms with van der Waals surface area (Å²) in [5, 5.41) is 3.57. The lowest BCUT2D eigenvalue weighted by Crippen LogP contribution is -2.20. The summed E-state index contributed by atoms with van der Waals surface area (Å²) >= 11 is 0. The first-order valence-corrected chi connectivity index (χ1v) is 7.67. The molecule has 120 valence electrons. The molecule has 0 aliphatic carbocycles. The number of fused-ring (bicyclic) bond motifs is 1. The maximum atomic E-state index is 5.47. The van der Waals surface area contributed by atoms with Crippen molar-refractivity contribution in [1.29, 1.82) is 0 Å². The predicted molar refractivity (Wildman–Crippen MR) is 90.0 cm³/mol. The van der Waals surface area contributed by atoms with Gasteiger partial charge in [0.1, 0.15) is 5.75 Å². The molecule has 4 heteroatoms. The third-order valence-corrected chi connectivity index (χ3v) is 3.91. The number of hydrogen-bond donors (Lipinski definition) is 1. The highest BCUT2D eigenvalue weighted by atomic mass is 16.7. The fourth-order valence-electron chi connectivity index (χ4n) is 2.62. The molecule has 1 atom stereocenters. The third kappa shape index (κ3) is 3.66. The normalized spacial score (nSPS) is 13.6. The Labute approximate surface area is 136 Å². The molecule has 2 aromatic rings. The zero-order chi connectivity index (χ0) is 16.1.